The predicted octanol–water partition coefficient (Wildman–Crippen LogP) is 3.54. The Morgan fingerprint density at radius 1 is 1.18 bits per heavy atom. The lowest BCUT2D eigenvalue weighted by Crippen LogP contribution is -2.08. The van der Waals surface area contributed by atoms with E-state index >= 15 is 0 Å². The van der Waals surface area contributed by atoms with Crippen LogP contribution in [-0.4, -0.2) is 19.9 Å². The third-order valence-electron chi connectivity index (χ3n) is 3.21. The van der Waals surface area contributed by atoms with Crippen molar-refractivity contribution in [3.63, 3.8) is 0 Å². The molecule has 22 heavy (non-hydrogen) atoms. The van der Waals surface area contributed by atoms with Crippen LogP contribution in [0.2, 0.25) is 0 Å². The number of carbonyl (C=O) groups is 1. The molecular formula is C16H13BrO5. The average molecular weight is 365 g/mol. The molecule has 5 nitrogen and oxygen atoms in total. The fourth-order valence-corrected chi connectivity index (χ4v) is 2.53. The number of esters is 1. The number of carbonyl (C=O) groups excluding carboxylic acids is 1. The molecule has 0 fully saturated rings. The highest BCUT2D eigenvalue weighted by atomic mass is 79.9. The van der Waals surface area contributed by atoms with Crippen molar-refractivity contribution < 1.29 is 23.7 Å². The summed E-state index contributed by atoms with van der Waals surface area (Å²) < 4.78 is 21.9. The number of hydrogen-bond donors (Lipinski definition) is 0. The second-order valence-electron chi connectivity index (χ2n) is 4.60. The lowest BCUT2D eigenvalue weighted by atomic mass is 10.1. The smallest absolute Gasteiger partial charge is 0.338 e. The molecule has 0 unspecified atom stereocenters. The molecule has 0 spiro atoms. The summed E-state index contributed by atoms with van der Waals surface area (Å²) in [5.74, 6) is 1.60. The van der Waals surface area contributed by atoms with Gasteiger partial charge < -0.3 is 18.9 Å². The Bertz CT molecular complexity index is 714. The lowest BCUT2D eigenvalue weighted by Gasteiger charge is -2.11. The van der Waals surface area contributed by atoms with Crippen molar-refractivity contribution in [2.45, 2.75) is 6.61 Å². The number of benzene rings is 2. The molecule has 0 bridgehead atoms. The van der Waals surface area contributed by atoms with Gasteiger partial charge in [0.05, 0.1) is 12.7 Å². The van der Waals surface area contributed by atoms with Gasteiger partial charge in [0, 0.05) is 16.1 Å². The highest BCUT2D eigenvalue weighted by Crippen LogP contribution is 2.35. The zero-order chi connectivity index (χ0) is 15.5. The maximum Gasteiger partial charge on any atom is 0.338 e. The SMILES string of the molecule is COC(=O)c1ccc(Br)cc1COc1ccc2c(c1)OCO2. The number of ether oxygens (including phenoxy) is 4. The van der Waals surface area contributed by atoms with E-state index in [0.29, 0.717) is 22.8 Å². The van der Waals surface area contributed by atoms with Crippen molar-refractivity contribution in [1.29, 1.82) is 0 Å². The summed E-state index contributed by atoms with van der Waals surface area (Å²) in [6, 6.07) is 10.7. The number of methoxy groups -OCH3 is 1. The third kappa shape index (κ3) is 3.01. The number of halogens is 1. The van der Waals surface area contributed by atoms with Crippen molar-refractivity contribution in [2.75, 3.05) is 13.9 Å². The summed E-state index contributed by atoms with van der Waals surface area (Å²) in [4.78, 5) is 11.8. The molecule has 0 radical (unpaired) electrons. The van der Waals surface area contributed by atoms with E-state index in [-0.39, 0.29) is 13.4 Å². The van der Waals surface area contributed by atoms with Crippen LogP contribution in [0.15, 0.2) is 40.9 Å². The van der Waals surface area contributed by atoms with Crippen LogP contribution < -0.4 is 14.2 Å². The Morgan fingerprint density at radius 3 is 2.82 bits per heavy atom. The van der Waals surface area contributed by atoms with Crippen LogP contribution in [0.4, 0.5) is 0 Å². The largest absolute Gasteiger partial charge is 0.489 e. The van der Waals surface area contributed by atoms with Gasteiger partial charge in [0.1, 0.15) is 12.4 Å². The van der Waals surface area contributed by atoms with Gasteiger partial charge in [0.25, 0.3) is 0 Å². The molecule has 1 aliphatic rings. The van der Waals surface area contributed by atoms with Gasteiger partial charge in [-0.05, 0) is 30.3 Å². The average Bonchev–Trinajstić information content (AvgIpc) is 3.00. The highest BCUT2D eigenvalue weighted by molar-refractivity contribution is 9.10. The van der Waals surface area contributed by atoms with E-state index in [4.69, 9.17) is 18.9 Å². The quantitative estimate of drug-likeness (QED) is 0.776. The van der Waals surface area contributed by atoms with Crippen molar-refractivity contribution >= 4 is 21.9 Å². The molecule has 3 rings (SSSR count). The van der Waals surface area contributed by atoms with Crippen LogP contribution in [0.1, 0.15) is 15.9 Å². The molecule has 0 aliphatic carbocycles. The topological polar surface area (TPSA) is 54.0 Å². The van der Waals surface area contributed by atoms with E-state index in [1.54, 1.807) is 30.3 Å². The summed E-state index contributed by atoms with van der Waals surface area (Å²) in [5.41, 5.74) is 1.21. The molecular weight excluding hydrogens is 352 g/mol. The molecule has 0 atom stereocenters. The van der Waals surface area contributed by atoms with E-state index in [2.05, 4.69) is 15.9 Å². The molecule has 114 valence electrons. The van der Waals surface area contributed by atoms with Gasteiger partial charge in [-0.15, -0.1) is 0 Å². The summed E-state index contributed by atoms with van der Waals surface area (Å²) in [6.45, 7) is 0.459. The minimum absolute atomic E-state index is 0.219. The molecule has 0 aromatic heterocycles. The van der Waals surface area contributed by atoms with Crippen molar-refractivity contribution in [3.05, 3.63) is 52.0 Å². The minimum Gasteiger partial charge on any atom is -0.489 e. The summed E-state index contributed by atoms with van der Waals surface area (Å²) in [5, 5.41) is 0. The molecule has 6 heteroatoms. The zero-order valence-electron chi connectivity index (χ0n) is 11.8. The number of fused-ring (bicyclic) bond motifs is 1. The van der Waals surface area contributed by atoms with Crippen LogP contribution in [0.5, 0.6) is 17.2 Å². The first-order valence-electron chi connectivity index (χ1n) is 6.56. The summed E-state index contributed by atoms with van der Waals surface area (Å²) in [6.07, 6.45) is 0. The Morgan fingerprint density at radius 2 is 2.00 bits per heavy atom. The molecule has 1 aliphatic heterocycles. The first kappa shape index (κ1) is 14.7. The van der Waals surface area contributed by atoms with Crippen molar-refractivity contribution in [1.82, 2.24) is 0 Å². The van der Waals surface area contributed by atoms with Crippen LogP contribution in [0.3, 0.4) is 0 Å². The molecule has 1 heterocycles. The summed E-state index contributed by atoms with van der Waals surface area (Å²) >= 11 is 3.39. The molecule has 2 aromatic carbocycles. The Kier molecular flexibility index (Phi) is 4.20. The Balaban J connectivity index is 1.78. The van der Waals surface area contributed by atoms with Gasteiger partial charge in [-0.25, -0.2) is 4.79 Å². The van der Waals surface area contributed by atoms with Gasteiger partial charge in [-0.2, -0.15) is 0 Å². The zero-order valence-corrected chi connectivity index (χ0v) is 13.4. The van der Waals surface area contributed by atoms with Crippen LogP contribution in [0, 0.1) is 0 Å². The second-order valence-corrected chi connectivity index (χ2v) is 5.51. The van der Waals surface area contributed by atoms with Gasteiger partial charge in [0.2, 0.25) is 6.79 Å². The first-order valence-corrected chi connectivity index (χ1v) is 7.36. The fraction of sp³-hybridized carbons (Fsp3) is 0.188. The number of rotatable bonds is 4. The van der Waals surface area contributed by atoms with Crippen molar-refractivity contribution in [3.8, 4) is 17.2 Å². The molecule has 0 saturated heterocycles. The lowest BCUT2D eigenvalue weighted by molar-refractivity contribution is 0.0597. The predicted molar refractivity (Wildman–Crippen MR) is 82.4 cm³/mol. The maximum absolute atomic E-state index is 11.8. The van der Waals surface area contributed by atoms with Crippen LogP contribution in [-0.2, 0) is 11.3 Å². The van der Waals surface area contributed by atoms with E-state index in [1.165, 1.54) is 7.11 Å². The fourth-order valence-electron chi connectivity index (χ4n) is 2.12. The molecule has 0 amide bonds. The Hall–Kier alpha value is -2.21. The van der Waals surface area contributed by atoms with E-state index < -0.39 is 5.97 Å². The van der Waals surface area contributed by atoms with Gasteiger partial charge >= 0.3 is 5.97 Å². The first-order chi connectivity index (χ1) is 10.7. The van der Waals surface area contributed by atoms with E-state index in [0.717, 1.165) is 10.0 Å². The number of hydrogen-bond acceptors (Lipinski definition) is 5. The normalized spacial score (nSPS) is 12.1. The van der Waals surface area contributed by atoms with Gasteiger partial charge in [0.15, 0.2) is 11.5 Å². The van der Waals surface area contributed by atoms with Crippen LogP contribution >= 0.6 is 15.9 Å². The van der Waals surface area contributed by atoms with Gasteiger partial charge in [-0.3, -0.25) is 0 Å². The third-order valence-corrected chi connectivity index (χ3v) is 3.70. The monoisotopic (exact) mass is 364 g/mol. The van der Waals surface area contributed by atoms with E-state index in [1.807, 2.05) is 6.07 Å². The summed E-state index contributed by atoms with van der Waals surface area (Å²) in [7, 11) is 1.35. The van der Waals surface area contributed by atoms with Gasteiger partial charge in [-0.1, -0.05) is 15.9 Å². The molecule has 2 aromatic rings. The standard InChI is InChI=1S/C16H13BrO5/c1-19-16(18)13-4-2-11(17)6-10(13)8-20-12-3-5-14-15(7-12)22-9-21-14/h2-7H,8-9H2,1H3. The van der Waals surface area contributed by atoms with E-state index in [9.17, 15) is 4.79 Å². The van der Waals surface area contributed by atoms with Crippen molar-refractivity contribution in [2.24, 2.45) is 0 Å². The molecule has 0 saturated carbocycles. The minimum atomic E-state index is -0.392. The maximum atomic E-state index is 11.8. The van der Waals surface area contributed by atoms with Crippen LogP contribution in [0.25, 0.3) is 0 Å². The Labute approximate surface area is 135 Å². The molecule has 0 N–H and O–H groups in total. The second kappa shape index (κ2) is 6.27. The highest BCUT2D eigenvalue weighted by Gasteiger charge is 2.15.